The van der Waals surface area contributed by atoms with Crippen LogP contribution in [0.4, 0.5) is 0 Å². The van der Waals surface area contributed by atoms with Crippen LogP contribution in [-0.4, -0.2) is 0 Å². The Kier molecular flexibility index (Phi) is 3.39. The number of rotatable bonds is 4. The van der Waals surface area contributed by atoms with Crippen molar-refractivity contribution in [1.82, 2.24) is 0 Å². The molecular weight excluding hydrogens is 544 g/mol. The Morgan fingerprint density at radius 1 is 0.356 bits per heavy atom. The summed E-state index contributed by atoms with van der Waals surface area (Å²) in [6, 6.07) is 15.1. The van der Waals surface area contributed by atoms with Gasteiger partial charge in [-0.15, -0.1) is 0 Å². The first-order chi connectivity index (χ1) is 28.6. The van der Waals surface area contributed by atoms with E-state index in [1.165, 1.54) is 0 Å². The topological polar surface area (TPSA) is 13.1 Å². The summed E-state index contributed by atoms with van der Waals surface area (Å²) >= 11 is 0. The van der Waals surface area contributed by atoms with E-state index in [1.807, 2.05) is 66.7 Å². The Morgan fingerprint density at radius 3 is 1.49 bits per heavy atom. The van der Waals surface area contributed by atoms with Crippen molar-refractivity contribution in [3.8, 4) is 44.5 Å². The molecule has 45 heavy (non-hydrogen) atoms. The third-order valence-corrected chi connectivity index (χ3v) is 8.06. The molecule has 0 amide bonds. The van der Waals surface area contributed by atoms with Crippen molar-refractivity contribution in [2.45, 2.75) is 0 Å². The van der Waals surface area contributed by atoms with E-state index >= 15 is 0 Å². The molecular formula is C44H28O. The SMILES string of the molecule is [2H]c1c([2H])c([2H])c2c(oc3c(-c4c5c([2H])c([2H])c([2H])c([2H])c5c(-c5ccc(-c6ccccc6-c6ccccc6)cc5)c5c([2H])c([2H])c([2H])c([2H])c45)c([2H])c([2H])c([2H])c32)c1[2H]. The fraction of sp³-hybridized carbons (Fsp3) is 0. The van der Waals surface area contributed by atoms with Gasteiger partial charge in [-0.3, -0.25) is 0 Å². The summed E-state index contributed by atoms with van der Waals surface area (Å²) in [4.78, 5) is 0. The van der Waals surface area contributed by atoms with Crippen LogP contribution < -0.4 is 0 Å². The van der Waals surface area contributed by atoms with Crippen molar-refractivity contribution in [2.75, 3.05) is 0 Å². The molecule has 0 fully saturated rings. The molecule has 0 aliphatic rings. The predicted octanol–water partition coefficient (Wildman–Crippen LogP) is 12.6. The van der Waals surface area contributed by atoms with Gasteiger partial charge in [-0.25, -0.2) is 0 Å². The lowest BCUT2D eigenvalue weighted by Gasteiger charge is -2.18. The maximum atomic E-state index is 9.36. The lowest BCUT2D eigenvalue weighted by molar-refractivity contribution is 0.670. The van der Waals surface area contributed by atoms with Crippen molar-refractivity contribution < 1.29 is 25.0 Å². The number of para-hydroxylation sites is 2. The van der Waals surface area contributed by atoms with Gasteiger partial charge in [0.05, 0.1) is 20.6 Å². The van der Waals surface area contributed by atoms with Gasteiger partial charge in [0.25, 0.3) is 0 Å². The third-order valence-electron chi connectivity index (χ3n) is 8.06. The van der Waals surface area contributed by atoms with E-state index in [-0.39, 0.29) is 54.6 Å². The van der Waals surface area contributed by atoms with Gasteiger partial charge in [0, 0.05) is 21.9 Å². The van der Waals surface area contributed by atoms with Gasteiger partial charge in [-0.05, 0) is 61.0 Å². The summed E-state index contributed by atoms with van der Waals surface area (Å²) in [5.41, 5.74) is 2.56. The maximum absolute atomic E-state index is 9.36. The van der Waals surface area contributed by atoms with Crippen LogP contribution in [0.15, 0.2) is 174 Å². The molecule has 0 aliphatic carbocycles. The summed E-state index contributed by atoms with van der Waals surface area (Å²) in [6.07, 6.45) is 0. The van der Waals surface area contributed by atoms with Crippen LogP contribution in [0.25, 0.3) is 88.0 Å². The molecule has 0 atom stereocenters. The minimum atomic E-state index is -0.717. The molecule has 0 spiro atoms. The van der Waals surface area contributed by atoms with E-state index in [0.29, 0.717) is 5.56 Å². The van der Waals surface area contributed by atoms with Crippen LogP contribution in [0.1, 0.15) is 20.6 Å². The Hall–Kier alpha value is -5.92. The van der Waals surface area contributed by atoms with Crippen molar-refractivity contribution in [1.29, 1.82) is 0 Å². The van der Waals surface area contributed by atoms with Crippen molar-refractivity contribution >= 4 is 43.5 Å². The molecule has 9 rings (SSSR count). The lowest BCUT2D eigenvalue weighted by atomic mass is 9.85. The third kappa shape index (κ3) is 4.09. The van der Waals surface area contributed by atoms with Gasteiger partial charge < -0.3 is 4.42 Å². The van der Waals surface area contributed by atoms with E-state index in [2.05, 4.69) is 0 Å². The van der Waals surface area contributed by atoms with E-state index in [4.69, 9.17) is 18.1 Å². The van der Waals surface area contributed by atoms with Crippen LogP contribution in [0, 0.1) is 0 Å². The molecule has 0 N–H and O–H groups in total. The zero-order valence-electron chi connectivity index (χ0n) is 38.4. The molecule has 8 aromatic carbocycles. The van der Waals surface area contributed by atoms with E-state index < -0.39 is 96.2 Å². The average molecular weight is 588 g/mol. The van der Waals surface area contributed by atoms with Crippen molar-refractivity contribution in [3.63, 3.8) is 0 Å². The molecule has 9 aromatic rings. The zero-order valence-corrected chi connectivity index (χ0v) is 23.4. The summed E-state index contributed by atoms with van der Waals surface area (Å²) in [5.74, 6) is 0. The fourth-order valence-electron chi connectivity index (χ4n) is 6.09. The Balaban J connectivity index is 1.48. The highest BCUT2D eigenvalue weighted by atomic mass is 16.3. The second-order valence-corrected chi connectivity index (χ2v) is 10.5. The molecule has 0 saturated heterocycles. The fourth-order valence-corrected chi connectivity index (χ4v) is 6.09. The number of fused-ring (bicyclic) bond motifs is 5. The minimum absolute atomic E-state index is 0.0563. The molecule has 0 aliphatic heterocycles. The first-order valence-corrected chi connectivity index (χ1v) is 14.2. The number of benzene rings is 8. The smallest absolute Gasteiger partial charge is 0.143 e. The number of furan rings is 1. The summed E-state index contributed by atoms with van der Waals surface area (Å²) in [5, 5.41) is -1.36. The maximum Gasteiger partial charge on any atom is 0.143 e. The summed E-state index contributed by atoms with van der Waals surface area (Å²) in [6.45, 7) is 0. The van der Waals surface area contributed by atoms with Gasteiger partial charge in [-0.2, -0.15) is 0 Å². The molecule has 0 radical (unpaired) electrons. The van der Waals surface area contributed by atoms with Crippen LogP contribution in [0.2, 0.25) is 0 Å². The standard InChI is InChI=1S/C44H28O/c1-2-13-29(14-3-1)32-15-4-5-16-33(32)30-25-27-31(28-26-30)42-35-18-6-8-20-37(35)43(38-21-9-7-19-36(38)42)40-23-12-22-39-34-17-10-11-24-41(34)45-44(39)40/h1-28H/i6D,7D,8D,9D,10D,11D,12D,17D,18D,19D,20D,21D,22D,23D,24D. The Morgan fingerprint density at radius 2 is 0.844 bits per heavy atom. The van der Waals surface area contributed by atoms with Crippen molar-refractivity contribution in [2.24, 2.45) is 0 Å². The predicted molar refractivity (Wildman–Crippen MR) is 190 cm³/mol. The minimum Gasteiger partial charge on any atom is -0.455 e. The van der Waals surface area contributed by atoms with E-state index in [1.54, 1.807) is 12.1 Å². The van der Waals surface area contributed by atoms with Gasteiger partial charge >= 0.3 is 0 Å². The van der Waals surface area contributed by atoms with E-state index in [0.717, 1.165) is 22.3 Å². The first kappa shape index (κ1) is 14.7. The summed E-state index contributed by atoms with van der Waals surface area (Å²) in [7, 11) is 0. The van der Waals surface area contributed by atoms with Crippen LogP contribution in [-0.2, 0) is 0 Å². The monoisotopic (exact) mass is 587 g/mol. The largest absolute Gasteiger partial charge is 0.455 e. The number of hydrogen-bond acceptors (Lipinski definition) is 1. The van der Waals surface area contributed by atoms with Crippen LogP contribution >= 0.6 is 0 Å². The molecule has 1 nitrogen and oxygen atoms in total. The molecule has 0 unspecified atom stereocenters. The quantitative estimate of drug-likeness (QED) is 0.187. The average Bonchev–Trinajstić information content (AvgIpc) is 3.67. The van der Waals surface area contributed by atoms with Gasteiger partial charge in [-0.1, -0.05) is 163 Å². The van der Waals surface area contributed by atoms with Gasteiger partial charge in [0.15, 0.2) is 0 Å². The molecule has 1 heteroatoms. The summed E-state index contributed by atoms with van der Waals surface area (Å²) < 4.78 is 140. The highest BCUT2D eigenvalue weighted by Crippen LogP contribution is 2.46. The lowest BCUT2D eigenvalue weighted by Crippen LogP contribution is -1.91. The normalized spacial score (nSPS) is 16.2. The van der Waals surface area contributed by atoms with Crippen molar-refractivity contribution in [3.05, 3.63) is 169 Å². The van der Waals surface area contributed by atoms with Gasteiger partial charge in [0.1, 0.15) is 11.2 Å². The Labute approximate surface area is 282 Å². The Bertz CT molecular complexity index is 3280. The van der Waals surface area contributed by atoms with E-state index in [9.17, 15) is 6.85 Å². The van der Waals surface area contributed by atoms with Crippen LogP contribution in [0.5, 0.6) is 0 Å². The van der Waals surface area contributed by atoms with Crippen LogP contribution in [0.3, 0.4) is 0 Å². The molecule has 0 bridgehead atoms. The highest BCUT2D eigenvalue weighted by molar-refractivity contribution is 6.24. The second-order valence-electron chi connectivity index (χ2n) is 10.5. The van der Waals surface area contributed by atoms with Gasteiger partial charge in [0.2, 0.25) is 0 Å². The highest BCUT2D eigenvalue weighted by Gasteiger charge is 2.20. The molecule has 0 saturated carbocycles. The number of hydrogen-bond donors (Lipinski definition) is 0. The molecule has 210 valence electrons. The second kappa shape index (κ2) is 10.4. The first-order valence-electron chi connectivity index (χ1n) is 21.7. The molecule has 1 heterocycles. The zero-order chi connectivity index (χ0) is 42.8. The molecule has 1 aromatic heterocycles.